The van der Waals surface area contributed by atoms with Gasteiger partial charge in [0.2, 0.25) is 0 Å². The molecule has 1 aliphatic rings. The first-order valence-corrected chi connectivity index (χ1v) is 12.9. The summed E-state index contributed by atoms with van der Waals surface area (Å²) < 4.78 is 1.86. The van der Waals surface area contributed by atoms with Crippen LogP contribution in [0.2, 0.25) is 0 Å². The highest BCUT2D eigenvalue weighted by Crippen LogP contribution is 2.39. The summed E-state index contributed by atoms with van der Waals surface area (Å²) in [6, 6.07) is 9.16. The quantitative estimate of drug-likeness (QED) is 0.345. The number of fused-ring (bicyclic) bond motifs is 2. The number of nitrogens with zero attached hydrogens (tertiary/aromatic N) is 6. The van der Waals surface area contributed by atoms with Gasteiger partial charge in [-0.1, -0.05) is 19.9 Å². The van der Waals surface area contributed by atoms with Crippen molar-refractivity contribution in [2.45, 2.75) is 58.9 Å². The Morgan fingerprint density at radius 3 is 2.56 bits per heavy atom. The van der Waals surface area contributed by atoms with Crippen LogP contribution in [0.1, 0.15) is 66.6 Å². The van der Waals surface area contributed by atoms with Gasteiger partial charge < -0.3 is 4.98 Å². The molecule has 1 fully saturated rings. The molecule has 0 spiro atoms. The van der Waals surface area contributed by atoms with E-state index in [1.165, 1.54) is 57.3 Å². The van der Waals surface area contributed by atoms with E-state index in [0.717, 1.165) is 31.1 Å². The molecule has 0 radical (unpaired) electrons. The fourth-order valence-corrected chi connectivity index (χ4v) is 5.70. The molecule has 4 aromatic heterocycles. The molecular weight excluding hydrogens is 446 g/mol. The van der Waals surface area contributed by atoms with E-state index >= 15 is 0 Å². The topological polar surface area (TPSA) is 75.0 Å². The molecule has 184 valence electrons. The van der Waals surface area contributed by atoms with Crippen molar-refractivity contribution in [2.75, 3.05) is 13.1 Å². The van der Waals surface area contributed by atoms with Crippen LogP contribution in [0.15, 0.2) is 49.2 Å². The van der Waals surface area contributed by atoms with E-state index in [1.807, 2.05) is 23.8 Å². The summed E-state index contributed by atoms with van der Waals surface area (Å²) in [5.74, 6) is 1.82. The van der Waals surface area contributed by atoms with Gasteiger partial charge in [-0.2, -0.15) is 5.10 Å². The molecule has 0 amide bonds. The van der Waals surface area contributed by atoms with E-state index in [2.05, 4.69) is 81.2 Å². The maximum atomic E-state index is 4.37. The standard InChI is InChI=1S/C29H33N7/c1-18(2)28-24-12-23(22-7-9-35(10-8-22)15-21-13-30-20(4)31-14-21)5-6-26(24)34-29(28)25-16-36-27(11-19(25)3)32-17-33-36/h5-6,11-14,16-18,22,34H,7-10,15H2,1-4H3. The number of piperidine rings is 1. The SMILES string of the molecule is Cc1ncc(CN2CCC(c3ccc4[nH]c(-c5cn6ncnc6cc5C)c(C(C)C)c4c3)CC2)cn1. The number of H-pyrrole nitrogens is 1. The summed E-state index contributed by atoms with van der Waals surface area (Å²) >= 11 is 0. The van der Waals surface area contributed by atoms with Gasteiger partial charge in [-0.15, -0.1) is 0 Å². The molecule has 5 aromatic rings. The third kappa shape index (κ3) is 4.17. The van der Waals surface area contributed by atoms with Crippen LogP contribution in [-0.4, -0.2) is 47.5 Å². The van der Waals surface area contributed by atoms with Gasteiger partial charge in [0.15, 0.2) is 5.65 Å². The maximum absolute atomic E-state index is 4.37. The number of aromatic nitrogens is 6. The molecule has 7 heteroatoms. The number of pyridine rings is 1. The third-order valence-electron chi connectivity index (χ3n) is 7.63. The smallest absolute Gasteiger partial charge is 0.155 e. The van der Waals surface area contributed by atoms with Crippen molar-refractivity contribution in [3.05, 3.63) is 77.3 Å². The number of hydrogen-bond donors (Lipinski definition) is 1. The molecule has 0 aliphatic carbocycles. The van der Waals surface area contributed by atoms with Crippen molar-refractivity contribution in [1.29, 1.82) is 0 Å². The average Bonchev–Trinajstić information content (AvgIpc) is 3.48. The lowest BCUT2D eigenvalue weighted by Crippen LogP contribution is -2.32. The molecule has 36 heavy (non-hydrogen) atoms. The average molecular weight is 480 g/mol. The van der Waals surface area contributed by atoms with Crippen molar-refractivity contribution in [3.8, 4) is 11.3 Å². The predicted molar refractivity (Wildman–Crippen MR) is 143 cm³/mol. The second-order valence-corrected chi connectivity index (χ2v) is 10.5. The summed E-state index contributed by atoms with van der Waals surface area (Å²) in [7, 11) is 0. The fraction of sp³-hybridized carbons (Fsp3) is 0.379. The number of aromatic amines is 1. The molecule has 7 nitrogen and oxygen atoms in total. The second-order valence-electron chi connectivity index (χ2n) is 10.5. The molecule has 5 heterocycles. The fourth-order valence-electron chi connectivity index (χ4n) is 5.70. The maximum Gasteiger partial charge on any atom is 0.155 e. The first-order valence-electron chi connectivity index (χ1n) is 12.9. The lowest BCUT2D eigenvalue weighted by Gasteiger charge is -2.32. The molecule has 0 bridgehead atoms. The Kier molecular flexibility index (Phi) is 5.80. The highest BCUT2D eigenvalue weighted by molar-refractivity contribution is 5.92. The summed E-state index contributed by atoms with van der Waals surface area (Å²) in [4.78, 5) is 19.3. The van der Waals surface area contributed by atoms with Gasteiger partial charge in [-0.25, -0.2) is 19.5 Å². The molecule has 1 N–H and O–H groups in total. The number of nitrogens with one attached hydrogen (secondary N) is 1. The Hall–Kier alpha value is -3.58. The van der Waals surface area contributed by atoms with Crippen LogP contribution in [0.3, 0.4) is 0 Å². The van der Waals surface area contributed by atoms with Crippen LogP contribution in [0, 0.1) is 13.8 Å². The Morgan fingerprint density at radius 2 is 1.81 bits per heavy atom. The van der Waals surface area contributed by atoms with Crippen LogP contribution >= 0.6 is 0 Å². The zero-order valence-corrected chi connectivity index (χ0v) is 21.5. The minimum Gasteiger partial charge on any atom is -0.354 e. The lowest BCUT2D eigenvalue weighted by molar-refractivity contribution is 0.204. The summed E-state index contributed by atoms with van der Waals surface area (Å²) in [5, 5.41) is 5.71. The van der Waals surface area contributed by atoms with E-state index in [-0.39, 0.29) is 0 Å². The lowest BCUT2D eigenvalue weighted by atomic mass is 9.87. The monoisotopic (exact) mass is 479 g/mol. The Balaban J connectivity index is 1.28. The van der Waals surface area contributed by atoms with Gasteiger partial charge >= 0.3 is 0 Å². The van der Waals surface area contributed by atoms with Gasteiger partial charge in [-0.05, 0) is 86.5 Å². The molecular formula is C29H33N7. The zero-order chi connectivity index (χ0) is 24.8. The van der Waals surface area contributed by atoms with Gasteiger partial charge in [0.25, 0.3) is 0 Å². The molecule has 0 saturated carbocycles. The number of hydrogen-bond acceptors (Lipinski definition) is 5. The second kappa shape index (κ2) is 9.13. The van der Waals surface area contributed by atoms with Gasteiger partial charge in [0.05, 0.1) is 5.69 Å². The van der Waals surface area contributed by atoms with E-state index < -0.39 is 0 Å². The molecule has 1 aromatic carbocycles. The van der Waals surface area contributed by atoms with E-state index in [0.29, 0.717) is 11.8 Å². The molecule has 1 aliphatic heterocycles. The normalized spacial score (nSPS) is 15.5. The number of rotatable bonds is 5. The number of likely N-dealkylation sites (tertiary alicyclic amines) is 1. The van der Waals surface area contributed by atoms with Crippen molar-refractivity contribution in [3.63, 3.8) is 0 Å². The Morgan fingerprint density at radius 1 is 1.03 bits per heavy atom. The van der Waals surface area contributed by atoms with Crippen molar-refractivity contribution in [2.24, 2.45) is 0 Å². The van der Waals surface area contributed by atoms with Gasteiger partial charge in [-0.3, -0.25) is 4.90 Å². The molecule has 0 unspecified atom stereocenters. The molecule has 1 saturated heterocycles. The van der Waals surface area contributed by atoms with Crippen LogP contribution in [0.5, 0.6) is 0 Å². The van der Waals surface area contributed by atoms with Crippen molar-refractivity contribution in [1.82, 2.24) is 34.4 Å². The predicted octanol–water partition coefficient (Wildman–Crippen LogP) is 5.79. The van der Waals surface area contributed by atoms with E-state index in [9.17, 15) is 0 Å². The summed E-state index contributed by atoms with van der Waals surface area (Å²) in [5.41, 5.74) is 9.69. The zero-order valence-electron chi connectivity index (χ0n) is 21.5. The van der Waals surface area contributed by atoms with Gasteiger partial charge in [0, 0.05) is 47.2 Å². The molecule has 6 rings (SSSR count). The summed E-state index contributed by atoms with van der Waals surface area (Å²) in [6.45, 7) is 11.8. The third-order valence-corrected chi connectivity index (χ3v) is 7.63. The largest absolute Gasteiger partial charge is 0.354 e. The van der Waals surface area contributed by atoms with Crippen LogP contribution in [0.25, 0.3) is 27.8 Å². The Bertz CT molecular complexity index is 1520. The number of benzene rings is 1. The van der Waals surface area contributed by atoms with Gasteiger partial charge in [0.1, 0.15) is 12.2 Å². The van der Waals surface area contributed by atoms with Crippen molar-refractivity contribution >= 4 is 16.6 Å². The number of aryl methyl sites for hydroxylation is 2. The van der Waals surface area contributed by atoms with Crippen LogP contribution in [-0.2, 0) is 6.54 Å². The summed E-state index contributed by atoms with van der Waals surface area (Å²) in [6.07, 6.45) is 9.98. The molecule has 0 atom stereocenters. The first kappa shape index (κ1) is 22.9. The van der Waals surface area contributed by atoms with E-state index in [4.69, 9.17) is 0 Å². The van der Waals surface area contributed by atoms with Crippen LogP contribution in [0.4, 0.5) is 0 Å². The van der Waals surface area contributed by atoms with Crippen molar-refractivity contribution < 1.29 is 0 Å². The van der Waals surface area contributed by atoms with Crippen LogP contribution < -0.4 is 0 Å². The highest BCUT2D eigenvalue weighted by Gasteiger charge is 2.23. The highest BCUT2D eigenvalue weighted by atomic mass is 15.3. The first-order chi connectivity index (χ1) is 17.5. The Labute approximate surface area is 211 Å². The minimum atomic E-state index is 0.397. The minimum absolute atomic E-state index is 0.397. The van der Waals surface area contributed by atoms with E-state index in [1.54, 1.807) is 6.33 Å².